The standard InChI is InChI=1S/C10H10N4O2S/c1-11-9(15)5-16-10-13-4-8(17-10)7-2-3-12-6-14-7/h2-4,6H,5H2,1H3,(H,11,15). The predicted octanol–water partition coefficient (Wildman–Crippen LogP) is 0.725. The van der Waals surface area contributed by atoms with Crippen LogP contribution in [0.15, 0.2) is 24.8 Å². The number of thiazole rings is 1. The molecule has 88 valence electrons. The highest BCUT2D eigenvalue weighted by molar-refractivity contribution is 7.16. The van der Waals surface area contributed by atoms with Gasteiger partial charge in [-0.1, -0.05) is 11.3 Å². The van der Waals surface area contributed by atoms with E-state index in [-0.39, 0.29) is 12.5 Å². The van der Waals surface area contributed by atoms with Gasteiger partial charge >= 0.3 is 0 Å². The maximum Gasteiger partial charge on any atom is 0.274 e. The highest BCUT2D eigenvalue weighted by Gasteiger charge is 2.07. The molecule has 17 heavy (non-hydrogen) atoms. The first kappa shape index (κ1) is 11.5. The van der Waals surface area contributed by atoms with Crippen LogP contribution in [0, 0.1) is 0 Å². The van der Waals surface area contributed by atoms with Crippen LogP contribution in [-0.2, 0) is 4.79 Å². The first-order chi connectivity index (χ1) is 8.29. The van der Waals surface area contributed by atoms with Crippen molar-refractivity contribution in [2.75, 3.05) is 13.7 Å². The molecule has 0 aliphatic heterocycles. The minimum Gasteiger partial charge on any atom is -0.460 e. The summed E-state index contributed by atoms with van der Waals surface area (Å²) in [6.45, 7) is -0.0345. The van der Waals surface area contributed by atoms with Gasteiger partial charge in [0.25, 0.3) is 11.1 Å². The normalized spacial score (nSPS) is 9.94. The van der Waals surface area contributed by atoms with Gasteiger partial charge in [-0.2, -0.15) is 0 Å². The maximum atomic E-state index is 11.0. The van der Waals surface area contributed by atoms with Crippen LogP contribution in [0.25, 0.3) is 10.6 Å². The number of aromatic nitrogens is 3. The number of hydrogen-bond donors (Lipinski definition) is 1. The Bertz CT molecular complexity index is 500. The van der Waals surface area contributed by atoms with Crippen molar-refractivity contribution in [3.8, 4) is 15.8 Å². The molecule has 2 heterocycles. The molecule has 0 atom stereocenters. The predicted molar refractivity (Wildman–Crippen MR) is 62.7 cm³/mol. The molecule has 0 bridgehead atoms. The van der Waals surface area contributed by atoms with Crippen molar-refractivity contribution < 1.29 is 9.53 Å². The highest BCUT2D eigenvalue weighted by atomic mass is 32.1. The molecule has 6 nitrogen and oxygen atoms in total. The fraction of sp³-hybridized carbons (Fsp3) is 0.200. The number of amides is 1. The van der Waals surface area contributed by atoms with Crippen LogP contribution in [0.2, 0.25) is 0 Å². The zero-order chi connectivity index (χ0) is 12.1. The molecule has 0 aliphatic rings. The van der Waals surface area contributed by atoms with Crippen LogP contribution < -0.4 is 10.1 Å². The van der Waals surface area contributed by atoms with Crippen molar-refractivity contribution >= 4 is 17.2 Å². The summed E-state index contributed by atoms with van der Waals surface area (Å²) in [4.78, 5) is 23.8. The summed E-state index contributed by atoms with van der Waals surface area (Å²) in [5.41, 5.74) is 0.785. The van der Waals surface area contributed by atoms with E-state index < -0.39 is 0 Å². The molecule has 0 aromatic carbocycles. The largest absolute Gasteiger partial charge is 0.460 e. The van der Waals surface area contributed by atoms with E-state index in [0.717, 1.165) is 10.6 Å². The zero-order valence-corrected chi connectivity index (χ0v) is 9.90. The SMILES string of the molecule is CNC(=O)COc1ncc(-c2ccncn2)s1. The zero-order valence-electron chi connectivity index (χ0n) is 9.08. The van der Waals surface area contributed by atoms with Crippen molar-refractivity contribution in [2.45, 2.75) is 0 Å². The van der Waals surface area contributed by atoms with E-state index in [4.69, 9.17) is 4.74 Å². The highest BCUT2D eigenvalue weighted by Crippen LogP contribution is 2.28. The summed E-state index contributed by atoms with van der Waals surface area (Å²) >= 11 is 1.33. The lowest BCUT2D eigenvalue weighted by Crippen LogP contribution is -2.24. The van der Waals surface area contributed by atoms with Crippen molar-refractivity contribution in [3.05, 3.63) is 24.8 Å². The molecule has 1 N–H and O–H groups in total. The Balaban J connectivity index is 2.04. The molecule has 0 saturated heterocycles. The van der Waals surface area contributed by atoms with Gasteiger partial charge in [-0.05, 0) is 6.07 Å². The Morgan fingerprint density at radius 1 is 1.53 bits per heavy atom. The van der Waals surface area contributed by atoms with Crippen LogP contribution in [0.4, 0.5) is 0 Å². The summed E-state index contributed by atoms with van der Waals surface area (Å²) in [7, 11) is 1.56. The number of carbonyl (C=O) groups is 1. The van der Waals surface area contributed by atoms with Crippen molar-refractivity contribution in [1.82, 2.24) is 20.3 Å². The number of ether oxygens (including phenoxy) is 1. The lowest BCUT2D eigenvalue weighted by atomic mass is 10.4. The number of hydrogen-bond acceptors (Lipinski definition) is 6. The van der Waals surface area contributed by atoms with Crippen molar-refractivity contribution in [2.24, 2.45) is 0 Å². The molecule has 0 saturated carbocycles. The maximum absolute atomic E-state index is 11.0. The minimum absolute atomic E-state index is 0.0345. The number of likely N-dealkylation sites (N-methyl/N-ethyl adjacent to an activating group) is 1. The van der Waals surface area contributed by atoms with E-state index in [1.165, 1.54) is 17.7 Å². The van der Waals surface area contributed by atoms with Gasteiger partial charge in [0.15, 0.2) is 6.61 Å². The monoisotopic (exact) mass is 250 g/mol. The Kier molecular flexibility index (Phi) is 3.61. The second-order valence-electron chi connectivity index (χ2n) is 3.05. The summed E-state index contributed by atoms with van der Waals surface area (Å²) in [5, 5.41) is 2.91. The molecule has 0 spiro atoms. The molecule has 2 aromatic heterocycles. The second kappa shape index (κ2) is 5.35. The van der Waals surface area contributed by atoms with Gasteiger partial charge in [-0.3, -0.25) is 4.79 Å². The molecule has 0 radical (unpaired) electrons. The number of nitrogens with one attached hydrogen (secondary N) is 1. The van der Waals surface area contributed by atoms with Gasteiger partial charge in [0, 0.05) is 13.2 Å². The second-order valence-corrected chi connectivity index (χ2v) is 4.04. The first-order valence-corrected chi connectivity index (χ1v) is 5.67. The topological polar surface area (TPSA) is 77.0 Å². The van der Waals surface area contributed by atoms with E-state index >= 15 is 0 Å². The summed E-state index contributed by atoms with van der Waals surface area (Å²) in [6, 6.07) is 1.79. The third-order valence-electron chi connectivity index (χ3n) is 1.92. The van der Waals surface area contributed by atoms with Crippen LogP contribution in [0.3, 0.4) is 0 Å². The third-order valence-corrected chi connectivity index (χ3v) is 2.86. The number of rotatable bonds is 4. The van der Waals surface area contributed by atoms with Gasteiger partial charge < -0.3 is 10.1 Å². The molecular weight excluding hydrogens is 240 g/mol. The molecule has 2 aromatic rings. The lowest BCUT2D eigenvalue weighted by molar-refractivity contribution is -0.122. The number of carbonyl (C=O) groups excluding carboxylic acids is 1. The van der Waals surface area contributed by atoms with Crippen LogP contribution in [0.1, 0.15) is 0 Å². The van der Waals surface area contributed by atoms with E-state index in [1.54, 1.807) is 25.5 Å². The molecule has 0 unspecified atom stereocenters. The molecule has 0 fully saturated rings. The fourth-order valence-electron chi connectivity index (χ4n) is 1.08. The van der Waals surface area contributed by atoms with E-state index in [2.05, 4.69) is 20.3 Å². The minimum atomic E-state index is -0.191. The van der Waals surface area contributed by atoms with Gasteiger partial charge in [0.2, 0.25) is 0 Å². The average Bonchev–Trinajstić information content (AvgIpc) is 2.86. The average molecular weight is 250 g/mol. The Hall–Kier alpha value is -2.02. The van der Waals surface area contributed by atoms with Crippen LogP contribution in [0.5, 0.6) is 5.19 Å². The molecule has 7 heteroatoms. The molecule has 2 rings (SSSR count). The van der Waals surface area contributed by atoms with Crippen molar-refractivity contribution in [1.29, 1.82) is 0 Å². The third kappa shape index (κ3) is 2.97. The van der Waals surface area contributed by atoms with Gasteiger partial charge in [0.05, 0.1) is 16.8 Å². The fourth-order valence-corrected chi connectivity index (χ4v) is 1.82. The van der Waals surface area contributed by atoms with Crippen LogP contribution >= 0.6 is 11.3 Å². The summed E-state index contributed by atoms with van der Waals surface area (Å²) in [6.07, 6.45) is 4.79. The molecule has 0 aliphatic carbocycles. The smallest absolute Gasteiger partial charge is 0.274 e. The van der Waals surface area contributed by atoms with Gasteiger partial charge in [0.1, 0.15) is 6.33 Å². The van der Waals surface area contributed by atoms with E-state index in [0.29, 0.717) is 5.19 Å². The van der Waals surface area contributed by atoms with Crippen molar-refractivity contribution in [3.63, 3.8) is 0 Å². The Morgan fingerprint density at radius 2 is 2.41 bits per heavy atom. The van der Waals surface area contributed by atoms with E-state index in [9.17, 15) is 4.79 Å². The van der Waals surface area contributed by atoms with E-state index in [1.807, 2.05) is 0 Å². The first-order valence-electron chi connectivity index (χ1n) is 4.85. The lowest BCUT2D eigenvalue weighted by Gasteiger charge is -1.99. The number of nitrogens with zero attached hydrogens (tertiary/aromatic N) is 3. The quantitative estimate of drug-likeness (QED) is 0.865. The summed E-state index contributed by atoms with van der Waals surface area (Å²) < 4.78 is 5.21. The molecular formula is C10H10N4O2S. The van der Waals surface area contributed by atoms with Gasteiger partial charge in [-0.15, -0.1) is 0 Å². The summed E-state index contributed by atoms with van der Waals surface area (Å²) in [5.74, 6) is -0.191. The van der Waals surface area contributed by atoms with Gasteiger partial charge in [-0.25, -0.2) is 15.0 Å². The Morgan fingerprint density at radius 3 is 3.12 bits per heavy atom. The molecule has 1 amide bonds. The van der Waals surface area contributed by atoms with Crippen LogP contribution in [-0.4, -0.2) is 34.5 Å². The Labute approximate surface area is 102 Å².